The van der Waals surface area contributed by atoms with Crippen LogP contribution in [-0.2, 0) is 11.2 Å². The Kier molecular flexibility index (Phi) is 16.6. The van der Waals surface area contributed by atoms with Gasteiger partial charge < -0.3 is 5.32 Å². The average molecular weight is 368 g/mol. The summed E-state index contributed by atoms with van der Waals surface area (Å²) in [4.78, 5) is 12.4. The van der Waals surface area contributed by atoms with Crippen LogP contribution < -0.4 is 5.32 Å². The van der Waals surface area contributed by atoms with Crippen LogP contribution in [0.3, 0.4) is 0 Å². The van der Waals surface area contributed by atoms with Crippen molar-refractivity contribution < 1.29 is 9.18 Å². The molecule has 0 fully saturated rings. The van der Waals surface area contributed by atoms with Gasteiger partial charge in [0.25, 0.3) is 0 Å². The minimum absolute atomic E-state index is 0.156. The Morgan fingerprint density at radius 2 is 1.58 bits per heavy atom. The van der Waals surface area contributed by atoms with Gasteiger partial charge in [-0.25, -0.2) is 4.39 Å². The van der Waals surface area contributed by atoms with Crippen molar-refractivity contribution in [3.63, 3.8) is 0 Å². The third-order valence-electron chi connectivity index (χ3n) is 3.77. The second-order valence-corrected chi connectivity index (χ2v) is 7.14. The van der Waals surface area contributed by atoms with Gasteiger partial charge in [-0.15, -0.1) is 0 Å². The zero-order valence-corrected chi connectivity index (χ0v) is 18.4. The van der Waals surface area contributed by atoms with Crippen LogP contribution in [0.1, 0.15) is 93.1 Å². The Hall–Kier alpha value is -1.22. The molecule has 2 unspecified atom stereocenters. The molecule has 3 heteroatoms. The molecule has 0 amide bonds. The molecule has 1 rings (SSSR count). The van der Waals surface area contributed by atoms with Gasteiger partial charge in [0.1, 0.15) is 5.82 Å². The number of Topliss-reactive ketones (excluding diaryl/α,β-unsaturated/α-hetero) is 1. The summed E-state index contributed by atoms with van der Waals surface area (Å²) in [7, 11) is 0. The summed E-state index contributed by atoms with van der Waals surface area (Å²) in [5.41, 5.74) is -0.108. The van der Waals surface area contributed by atoms with Crippen LogP contribution in [0.25, 0.3) is 0 Å². The zero-order chi connectivity index (χ0) is 20.6. The van der Waals surface area contributed by atoms with Gasteiger partial charge in [-0.3, -0.25) is 4.79 Å². The average Bonchev–Trinajstić information content (AvgIpc) is 2.58. The van der Waals surface area contributed by atoms with E-state index in [9.17, 15) is 9.18 Å². The first-order valence-electron chi connectivity index (χ1n) is 10.3. The van der Waals surface area contributed by atoms with Crippen LogP contribution in [-0.4, -0.2) is 17.4 Å². The molecular weight excluding hydrogens is 325 g/mol. The molecule has 0 aliphatic carbocycles. The molecule has 0 bridgehead atoms. The molecular formula is C23H42FNO. The summed E-state index contributed by atoms with van der Waals surface area (Å²) in [5.74, 6) is -0.0856. The van der Waals surface area contributed by atoms with Gasteiger partial charge in [-0.2, -0.15) is 0 Å². The van der Waals surface area contributed by atoms with E-state index in [1.165, 1.54) is 18.9 Å². The number of rotatable bonds is 8. The number of halogens is 1. The summed E-state index contributed by atoms with van der Waals surface area (Å²) in [6.45, 7) is 16.5. The molecule has 26 heavy (non-hydrogen) atoms. The summed E-state index contributed by atoms with van der Waals surface area (Å²) in [6.07, 6.45) is 5.16. The van der Waals surface area contributed by atoms with Crippen LogP contribution in [0.15, 0.2) is 24.3 Å². The van der Waals surface area contributed by atoms with E-state index in [0.29, 0.717) is 18.4 Å². The third-order valence-corrected chi connectivity index (χ3v) is 3.77. The zero-order valence-electron chi connectivity index (χ0n) is 18.4. The highest BCUT2D eigenvalue weighted by atomic mass is 19.1. The maximum absolute atomic E-state index is 13.8. The second-order valence-electron chi connectivity index (χ2n) is 7.14. The van der Waals surface area contributed by atoms with E-state index in [-0.39, 0.29) is 17.6 Å². The number of nitrogens with one attached hydrogen (secondary N) is 1. The van der Waals surface area contributed by atoms with Crippen LogP contribution in [0, 0.1) is 5.82 Å². The van der Waals surface area contributed by atoms with Crippen molar-refractivity contribution in [2.75, 3.05) is 0 Å². The highest BCUT2D eigenvalue weighted by molar-refractivity contribution is 5.88. The lowest BCUT2D eigenvalue weighted by atomic mass is 9.85. The normalized spacial score (nSPS) is 13.4. The van der Waals surface area contributed by atoms with Gasteiger partial charge in [-0.05, 0) is 38.3 Å². The van der Waals surface area contributed by atoms with E-state index in [1.807, 2.05) is 19.9 Å². The summed E-state index contributed by atoms with van der Waals surface area (Å²) in [5, 5.41) is 3.39. The molecule has 0 aliphatic rings. The molecule has 0 aromatic heterocycles. The Labute approximate surface area is 162 Å². The predicted molar refractivity (Wildman–Crippen MR) is 113 cm³/mol. The summed E-state index contributed by atoms with van der Waals surface area (Å²) >= 11 is 0. The van der Waals surface area contributed by atoms with E-state index in [4.69, 9.17) is 0 Å². The van der Waals surface area contributed by atoms with E-state index in [0.717, 1.165) is 12.8 Å². The van der Waals surface area contributed by atoms with Crippen molar-refractivity contribution >= 4 is 5.78 Å². The Balaban J connectivity index is 0. The Bertz CT molecular complexity index is 473. The monoisotopic (exact) mass is 367 g/mol. The van der Waals surface area contributed by atoms with E-state index >= 15 is 0 Å². The van der Waals surface area contributed by atoms with Crippen molar-refractivity contribution in [3.8, 4) is 0 Å². The molecule has 152 valence electrons. The fourth-order valence-corrected chi connectivity index (χ4v) is 2.40. The van der Waals surface area contributed by atoms with Gasteiger partial charge >= 0.3 is 0 Å². The van der Waals surface area contributed by atoms with Crippen LogP contribution in [0.5, 0.6) is 0 Å². The molecule has 1 aromatic carbocycles. The number of hydrogen-bond donors (Lipinski definition) is 1. The van der Waals surface area contributed by atoms with Crippen molar-refractivity contribution in [2.45, 2.75) is 105 Å². The fraction of sp³-hybridized carbons (Fsp3) is 0.696. The van der Waals surface area contributed by atoms with E-state index in [1.54, 1.807) is 12.1 Å². The predicted octanol–water partition coefficient (Wildman–Crippen LogP) is 6.72. The van der Waals surface area contributed by atoms with Crippen LogP contribution >= 0.6 is 0 Å². The third kappa shape index (κ3) is 11.4. The van der Waals surface area contributed by atoms with Crippen molar-refractivity contribution in [1.29, 1.82) is 0 Å². The molecule has 0 saturated heterocycles. The molecule has 2 nitrogen and oxygen atoms in total. The van der Waals surface area contributed by atoms with Crippen molar-refractivity contribution in [1.82, 2.24) is 5.32 Å². The molecule has 2 atom stereocenters. The van der Waals surface area contributed by atoms with Gasteiger partial charge in [-0.1, -0.05) is 72.6 Å². The summed E-state index contributed by atoms with van der Waals surface area (Å²) in [6, 6.07) is 6.92. The lowest BCUT2D eigenvalue weighted by Crippen LogP contribution is -2.54. The number of benzene rings is 1. The Morgan fingerprint density at radius 3 is 2.00 bits per heavy atom. The SMILES string of the molecule is CCC.CCC.CCCC(=O)C(C)(Cc1ccccc1F)NC(C)CC. The lowest BCUT2D eigenvalue weighted by Gasteiger charge is -2.33. The summed E-state index contributed by atoms with van der Waals surface area (Å²) < 4.78 is 13.8. The highest BCUT2D eigenvalue weighted by Crippen LogP contribution is 2.20. The number of hydrogen-bond acceptors (Lipinski definition) is 2. The maximum atomic E-state index is 13.8. The molecule has 1 N–H and O–H groups in total. The van der Waals surface area contributed by atoms with Crippen molar-refractivity contribution in [3.05, 3.63) is 35.6 Å². The largest absolute Gasteiger partial charge is 0.302 e. The lowest BCUT2D eigenvalue weighted by molar-refractivity contribution is -0.125. The van der Waals surface area contributed by atoms with E-state index in [2.05, 4.69) is 46.9 Å². The quantitative estimate of drug-likeness (QED) is 0.553. The molecule has 0 spiro atoms. The maximum Gasteiger partial charge on any atom is 0.152 e. The van der Waals surface area contributed by atoms with Gasteiger partial charge in [0.2, 0.25) is 0 Å². The second kappa shape index (κ2) is 16.0. The number of carbonyl (C=O) groups excluding carboxylic acids is 1. The molecule has 0 saturated carbocycles. The topological polar surface area (TPSA) is 29.1 Å². The molecule has 0 heterocycles. The number of ketones is 1. The van der Waals surface area contributed by atoms with Gasteiger partial charge in [0.05, 0.1) is 5.54 Å². The molecule has 0 aliphatic heterocycles. The number of carbonyl (C=O) groups is 1. The molecule has 1 aromatic rings. The highest BCUT2D eigenvalue weighted by Gasteiger charge is 2.33. The smallest absolute Gasteiger partial charge is 0.152 e. The first-order valence-corrected chi connectivity index (χ1v) is 10.3. The Morgan fingerprint density at radius 1 is 1.08 bits per heavy atom. The first kappa shape index (κ1) is 27.0. The van der Waals surface area contributed by atoms with Crippen LogP contribution in [0.4, 0.5) is 4.39 Å². The van der Waals surface area contributed by atoms with Crippen molar-refractivity contribution in [2.24, 2.45) is 0 Å². The fourth-order valence-electron chi connectivity index (χ4n) is 2.40. The van der Waals surface area contributed by atoms with E-state index < -0.39 is 5.54 Å². The van der Waals surface area contributed by atoms with Gasteiger partial charge in [0, 0.05) is 18.9 Å². The standard InChI is InChI=1S/C17H26FNO.2C3H8/c1-5-9-16(20)17(4,19-13(3)6-2)12-14-10-7-8-11-15(14)18;2*1-3-2/h7-8,10-11,13,19H,5-6,9,12H2,1-4H3;2*3H2,1-2H3. The minimum atomic E-state index is -0.701. The molecule has 0 radical (unpaired) electrons. The minimum Gasteiger partial charge on any atom is -0.302 e. The first-order chi connectivity index (χ1) is 12.3. The van der Waals surface area contributed by atoms with Crippen LogP contribution in [0.2, 0.25) is 0 Å². The van der Waals surface area contributed by atoms with Gasteiger partial charge in [0.15, 0.2) is 5.78 Å².